The molecule has 0 aliphatic heterocycles. The van der Waals surface area contributed by atoms with Crippen molar-refractivity contribution in [2.75, 3.05) is 39.6 Å². The monoisotopic (exact) mass is 1210 g/mol. The van der Waals surface area contributed by atoms with E-state index in [0.29, 0.717) is 133 Å². The number of hydrogen-bond donors (Lipinski definition) is 0. The van der Waals surface area contributed by atoms with Crippen LogP contribution in [0.3, 0.4) is 0 Å². The lowest BCUT2D eigenvalue weighted by atomic mass is 9.91. The molecule has 0 bridgehead atoms. The van der Waals surface area contributed by atoms with Gasteiger partial charge >= 0.3 is 43.6 Å². The number of unbranched alkanes of at least 4 members (excludes halogenated alkanes) is 6. The van der Waals surface area contributed by atoms with Gasteiger partial charge in [-0.25, -0.2) is 28.8 Å². The van der Waals surface area contributed by atoms with Crippen LogP contribution in [0.25, 0.3) is 0 Å². The lowest BCUT2D eigenvalue weighted by Gasteiger charge is -2.29. The number of rotatable bonds is 45. The number of aryl methyl sites for hydroxylation is 3. The van der Waals surface area contributed by atoms with Crippen LogP contribution in [0.4, 0.5) is 0 Å². The molecule has 3 aromatic carbocycles. The number of carbonyl (C=O) groups is 6. The average Bonchev–Trinajstić information content (AvgIpc) is 3.55. The fourth-order valence-electron chi connectivity index (χ4n) is 9.52. The van der Waals surface area contributed by atoms with Crippen LogP contribution in [0, 0.1) is 0 Å². The Hall–Kier alpha value is -7.45. The molecule has 3 rings (SSSR count). The summed E-state index contributed by atoms with van der Waals surface area (Å²) in [6.07, 6.45) is 16.1. The van der Waals surface area contributed by atoms with Gasteiger partial charge in [-0.3, -0.25) is 0 Å². The van der Waals surface area contributed by atoms with E-state index in [1.54, 1.807) is 0 Å². The highest BCUT2D eigenvalue weighted by molar-refractivity contribution is 7.49. The van der Waals surface area contributed by atoms with Gasteiger partial charge in [-0.15, -0.1) is 0 Å². The molecule has 470 valence electrons. The van der Waals surface area contributed by atoms with E-state index in [2.05, 4.69) is 39.5 Å². The lowest BCUT2D eigenvalue weighted by Crippen LogP contribution is -2.16. The molecule has 0 aliphatic rings. The molecule has 0 aliphatic carbocycles. The van der Waals surface area contributed by atoms with E-state index >= 15 is 4.57 Å². The van der Waals surface area contributed by atoms with Crippen LogP contribution >= 0.6 is 7.82 Å². The molecule has 17 heteroatoms. The first kappa shape index (κ1) is 72.8. The van der Waals surface area contributed by atoms with Gasteiger partial charge < -0.3 is 42.0 Å². The van der Waals surface area contributed by atoms with Crippen LogP contribution in [0.2, 0.25) is 0 Å². The van der Waals surface area contributed by atoms with Gasteiger partial charge in [0.15, 0.2) is 0 Å². The number of benzene rings is 3. The van der Waals surface area contributed by atoms with E-state index in [0.717, 1.165) is 86.5 Å². The summed E-state index contributed by atoms with van der Waals surface area (Å²) in [7, 11) is -5.01. The van der Waals surface area contributed by atoms with Gasteiger partial charge in [0.1, 0.15) is 17.2 Å². The topological polar surface area (TPSA) is 203 Å². The number of phosphoric acid groups is 1. The lowest BCUT2D eigenvalue weighted by molar-refractivity contribution is -0.138. The molecule has 0 aromatic heterocycles. The SMILES string of the molecule is C=CC(=O)OCCCCc1ccc(C(C)C)c(OP(=O)(Oc2c(C(C)C)ccc(CCCCOC(=O)C=C)c2CCCCOC(=O)C=C)Oc2c(C(C)C)ccc(CCCCOC(=O)C=C)c2CCCCOC(=O)C=C)c1CCCCOC(=O)C=C. The zero-order chi connectivity index (χ0) is 63.4. The summed E-state index contributed by atoms with van der Waals surface area (Å²) in [5.74, 6) is -2.68. The van der Waals surface area contributed by atoms with Crippen molar-refractivity contribution in [3.63, 3.8) is 0 Å². The molecular weight excluding hydrogens is 1120 g/mol. The minimum atomic E-state index is -5.01. The van der Waals surface area contributed by atoms with Crippen molar-refractivity contribution in [2.45, 2.75) is 175 Å². The van der Waals surface area contributed by atoms with E-state index in [9.17, 15) is 28.8 Å². The highest BCUT2D eigenvalue weighted by Gasteiger charge is 2.40. The van der Waals surface area contributed by atoms with E-state index in [1.807, 2.05) is 77.9 Å². The summed E-state index contributed by atoms with van der Waals surface area (Å²) in [4.78, 5) is 72.3. The molecule has 0 spiro atoms. The average molecular weight is 1210 g/mol. The number of carbonyl (C=O) groups excluding carboxylic acids is 6. The van der Waals surface area contributed by atoms with Crippen molar-refractivity contribution >= 4 is 43.6 Å². The predicted octanol–water partition coefficient (Wildman–Crippen LogP) is 15.0. The van der Waals surface area contributed by atoms with Crippen molar-refractivity contribution in [3.8, 4) is 17.2 Å². The van der Waals surface area contributed by atoms with Crippen molar-refractivity contribution < 1.29 is 75.3 Å². The number of phosphoric ester groups is 1. The molecule has 0 N–H and O–H groups in total. The van der Waals surface area contributed by atoms with E-state index < -0.39 is 43.6 Å². The first-order valence-corrected chi connectivity index (χ1v) is 31.6. The zero-order valence-electron chi connectivity index (χ0n) is 51.9. The Morgan fingerprint density at radius 3 is 0.721 bits per heavy atom. The maximum absolute atomic E-state index is 17.2. The summed E-state index contributed by atoms with van der Waals surface area (Å²) in [5.41, 5.74) is 7.19. The van der Waals surface area contributed by atoms with Crippen LogP contribution in [0.15, 0.2) is 112 Å². The number of hydrogen-bond acceptors (Lipinski definition) is 16. The Kier molecular flexibility index (Phi) is 33.9. The molecule has 0 radical (unpaired) electrons. The van der Waals surface area contributed by atoms with Gasteiger partial charge in [0.25, 0.3) is 0 Å². The quantitative estimate of drug-likeness (QED) is 0.0170. The third-order valence-electron chi connectivity index (χ3n) is 14.1. The molecule has 16 nitrogen and oxygen atoms in total. The van der Waals surface area contributed by atoms with E-state index in [4.69, 9.17) is 42.0 Å². The van der Waals surface area contributed by atoms with Crippen molar-refractivity contribution in [1.82, 2.24) is 0 Å². The minimum Gasteiger partial charge on any atom is -0.463 e. The van der Waals surface area contributed by atoms with Crippen molar-refractivity contribution in [2.24, 2.45) is 0 Å². The summed E-state index contributed by atoms with van der Waals surface area (Å²) < 4.78 is 71.1. The Bertz CT molecular complexity index is 2520. The van der Waals surface area contributed by atoms with Crippen LogP contribution in [0.1, 0.15) is 186 Å². The molecule has 0 fully saturated rings. The molecule has 0 heterocycles. The van der Waals surface area contributed by atoms with Gasteiger partial charge in [-0.1, -0.05) is 117 Å². The van der Waals surface area contributed by atoms with Crippen LogP contribution < -0.4 is 13.6 Å². The Labute approximate surface area is 511 Å². The fourth-order valence-corrected chi connectivity index (χ4v) is 10.9. The Morgan fingerprint density at radius 1 is 0.337 bits per heavy atom. The summed E-state index contributed by atoms with van der Waals surface area (Å²) in [6.45, 7) is 34.2. The summed E-state index contributed by atoms with van der Waals surface area (Å²) >= 11 is 0. The molecule has 3 aromatic rings. The highest BCUT2D eigenvalue weighted by Crippen LogP contribution is 2.56. The first-order chi connectivity index (χ1) is 41.3. The van der Waals surface area contributed by atoms with Crippen LogP contribution in [0.5, 0.6) is 17.2 Å². The van der Waals surface area contributed by atoms with Crippen molar-refractivity contribution in [3.05, 3.63) is 162 Å². The van der Waals surface area contributed by atoms with Crippen LogP contribution in [-0.2, 0) is 100 Å². The standard InChI is InChI=1S/C69H93O16P/c1-13-61(70)77-43-25-19-31-52-37-40-55(49(7)8)67(58(52)34-22-28-46-80-64(73)16-4)83-86(76,84-68-56(50(9)10)41-38-53(32-20-26-44-78-62(71)14-2)59(68)35-23-29-47-81-65(74)17-5)85-69-57(51(11)12)42-39-54(33-21-27-45-79-63(72)15-3)60(69)36-24-30-48-82-66(75)18-6/h13-18,37-42,49-51H,1-6,19-36,43-48H2,7-12H3. The summed E-state index contributed by atoms with van der Waals surface area (Å²) in [6, 6.07) is 12.1. The fraction of sp³-hybridized carbons (Fsp3) is 0.478. The predicted molar refractivity (Wildman–Crippen MR) is 336 cm³/mol. The maximum Gasteiger partial charge on any atom is 0.647 e. The number of ether oxygens (including phenoxy) is 6. The van der Waals surface area contributed by atoms with Gasteiger partial charge in [-0.05, 0) is 183 Å². The zero-order valence-corrected chi connectivity index (χ0v) is 52.7. The largest absolute Gasteiger partial charge is 0.647 e. The van der Waals surface area contributed by atoms with Gasteiger partial charge in [0.05, 0.1) is 39.6 Å². The molecule has 0 unspecified atom stereocenters. The smallest absolute Gasteiger partial charge is 0.463 e. The van der Waals surface area contributed by atoms with Gasteiger partial charge in [-0.2, -0.15) is 4.57 Å². The normalized spacial score (nSPS) is 11.1. The molecule has 0 amide bonds. The van der Waals surface area contributed by atoms with E-state index in [-0.39, 0.29) is 57.4 Å². The molecule has 86 heavy (non-hydrogen) atoms. The molecule has 0 atom stereocenters. The van der Waals surface area contributed by atoms with E-state index in [1.165, 1.54) is 0 Å². The van der Waals surface area contributed by atoms with Gasteiger partial charge in [0, 0.05) is 36.5 Å². The van der Waals surface area contributed by atoms with Crippen LogP contribution in [-0.4, -0.2) is 75.5 Å². The Morgan fingerprint density at radius 2 is 0.535 bits per heavy atom. The molecular formula is C69H93O16P. The second-order valence-corrected chi connectivity index (χ2v) is 23.0. The number of esters is 6. The molecule has 0 saturated heterocycles. The highest BCUT2D eigenvalue weighted by atomic mass is 31.2. The third kappa shape index (κ3) is 25.6. The third-order valence-corrected chi connectivity index (χ3v) is 15.3. The van der Waals surface area contributed by atoms with Crippen molar-refractivity contribution in [1.29, 1.82) is 0 Å². The second-order valence-electron chi connectivity index (χ2n) is 21.5. The maximum atomic E-state index is 17.2. The minimum absolute atomic E-state index is 0.140. The first-order valence-electron chi connectivity index (χ1n) is 30.1. The summed E-state index contributed by atoms with van der Waals surface area (Å²) in [5, 5.41) is 0. The Balaban J connectivity index is 2.52. The van der Waals surface area contributed by atoms with Gasteiger partial charge in [0.2, 0.25) is 0 Å². The molecule has 0 saturated carbocycles. The second kappa shape index (κ2) is 40.0.